The summed E-state index contributed by atoms with van der Waals surface area (Å²) in [5.74, 6) is 0.141. The number of halogens is 1. The number of hydrogen-bond acceptors (Lipinski definition) is 4. The highest BCUT2D eigenvalue weighted by Gasteiger charge is 2.22. The third-order valence-corrected chi connectivity index (χ3v) is 4.23. The minimum absolute atomic E-state index is 0.141. The number of piperazine rings is 1. The molecule has 0 aliphatic carbocycles. The summed E-state index contributed by atoms with van der Waals surface area (Å²) in [7, 11) is 0. The number of rotatable bonds is 7. The maximum absolute atomic E-state index is 12.3. The van der Waals surface area contributed by atoms with E-state index in [1.807, 2.05) is 36.1 Å². The Morgan fingerprint density at radius 1 is 1.26 bits per heavy atom. The van der Waals surface area contributed by atoms with Gasteiger partial charge in [0, 0.05) is 44.4 Å². The van der Waals surface area contributed by atoms with E-state index in [1.54, 1.807) is 0 Å². The number of aliphatic hydroxyl groups is 1. The number of aliphatic hydroxyl groups excluding tert-OH is 1. The van der Waals surface area contributed by atoms with Gasteiger partial charge < -0.3 is 14.7 Å². The molecule has 128 valence electrons. The summed E-state index contributed by atoms with van der Waals surface area (Å²) in [6.45, 7) is 6.47. The van der Waals surface area contributed by atoms with Crippen molar-refractivity contribution in [2.75, 3.05) is 45.9 Å². The van der Waals surface area contributed by atoms with Gasteiger partial charge >= 0.3 is 0 Å². The molecule has 1 N–H and O–H groups in total. The molecule has 6 heteroatoms. The summed E-state index contributed by atoms with van der Waals surface area (Å²) in [4.78, 5) is 16.4. The molecule has 1 aliphatic heterocycles. The van der Waals surface area contributed by atoms with E-state index >= 15 is 0 Å². The van der Waals surface area contributed by atoms with Crippen LogP contribution in [0.1, 0.15) is 12.5 Å². The Morgan fingerprint density at radius 2 is 1.91 bits per heavy atom. The molecule has 1 amide bonds. The second kappa shape index (κ2) is 9.23. The fourth-order valence-electron chi connectivity index (χ4n) is 2.67. The zero-order valence-corrected chi connectivity index (χ0v) is 14.3. The molecule has 1 unspecified atom stereocenters. The van der Waals surface area contributed by atoms with Crippen LogP contribution in [0.15, 0.2) is 24.3 Å². The van der Waals surface area contributed by atoms with E-state index in [2.05, 4.69) is 4.90 Å². The SMILES string of the molecule is CCOCC(O)CN1CCN(C(=O)Cc2ccc(Cl)cc2)CC1. The molecule has 2 rings (SSSR count). The molecule has 1 aliphatic rings. The molecule has 0 radical (unpaired) electrons. The third-order valence-electron chi connectivity index (χ3n) is 3.98. The van der Waals surface area contributed by atoms with Crippen molar-refractivity contribution in [3.05, 3.63) is 34.9 Å². The van der Waals surface area contributed by atoms with Crippen LogP contribution in [0, 0.1) is 0 Å². The van der Waals surface area contributed by atoms with E-state index in [9.17, 15) is 9.90 Å². The van der Waals surface area contributed by atoms with E-state index in [4.69, 9.17) is 16.3 Å². The summed E-state index contributed by atoms with van der Waals surface area (Å²) >= 11 is 5.86. The van der Waals surface area contributed by atoms with Gasteiger partial charge in [-0.2, -0.15) is 0 Å². The Bertz CT molecular complexity index is 487. The van der Waals surface area contributed by atoms with Gasteiger partial charge in [0.1, 0.15) is 0 Å². The lowest BCUT2D eigenvalue weighted by Crippen LogP contribution is -2.51. The number of hydrogen-bond donors (Lipinski definition) is 1. The van der Waals surface area contributed by atoms with Gasteiger partial charge in [-0.05, 0) is 24.6 Å². The lowest BCUT2D eigenvalue weighted by Gasteiger charge is -2.35. The van der Waals surface area contributed by atoms with Gasteiger partial charge in [-0.1, -0.05) is 23.7 Å². The summed E-state index contributed by atoms with van der Waals surface area (Å²) in [6, 6.07) is 7.39. The first-order valence-electron chi connectivity index (χ1n) is 8.09. The average Bonchev–Trinajstić information content (AvgIpc) is 2.55. The molecule has 1 saturated heterocycles. The minimum atomic E-state index is -0.466. The van der Waals surface area contributed by atoms with E-state index < -0.39 is 6.10 Å². The highest BCUT2D eigenvalue weighted by Crippen LogP contribution is 2.12. The number of amides is 1. The minimum Gasteiger partial charge on any atom is -0.389 e. The Labute approximate surface area is 142 Å². The predicted molar refractivity (Wildman–Crippen MR) is 90.7 cm³/mol. The average molecular weight is 341 g/mol. The van der Waals surface area contributed by atoms with E-state index in [0.717, 1.165) is 18.7 Å². The fourth-order valence-corrected chi connectivity index (χ4v) is 2.80. The summed E-state index contributed by atoms with van der Waals surface area (Å²) in [5.41, 5.74) is 0.981. The molecule has 0 bridgehead atoms. The zero-order chi connectivity index (χ0) is 16.7. The standard InChI is InChI=1S/C17H25ClN2O3/c1-2-23-13-16(21)12-19-7-9-20(10-8-19)17(22)11-14-3-5-15(18)6-4-14/h3-6,16,21H,2,7-13H2,1H3. The molecule has 1 aromatic carbocycles. The van der Waals surface area contributed by atoms with Crippen molar-refractivity contribution in [3.8, 4) is 0 Å². The number of nitrogens with zero attached hydrogens (tertiary/aromatic N) is 2. The Balaban J connectivity index is 1.73. The second-order valence-electron chi connectivity index (χ2n) is 5.80. The number of carbonyl (C=O) groups excluding carboxylic acids is 1. The summed E-state index contributed by atoms with van der Waals surface area (Å²) in [6.07, 6.45) is -0.0595. The fraction of sp³-hybridized carbons (Fsp3) is 0.588. The van der Waals surface area contributed by atoms with Crippen LogP contribution in [0.4, 0.5) is 0 Å². The van der Waals surface area contributed by atoms with E-state index in [1.165, 1.54) is 0 Å². The van der Waals surface area contributed by atoms with Crippen LogP contribution in [0.5, 0.6) is 0 Å². The van der Waals surface area contributed by atoms with Crippen molar-refractivity contribution < 1.29 is 14.6 Å². The van der Waals surface area contributed by atoms with Gasteiger partial charge in [-0.15, -0.1) is 0 Å². The molecule has 1 atom stereocenters. The van der Waals surface area contributed by atoms with Gasteiger partial charge in [0.2, 0.25) is 5.91 Å². The van der Waals surface area contributed by atoms with Crippen LogP contribution in [0.25, 0.3) is 0 Å². The third kappa shape index (κ3) is 6.11. The van der Waals surface area contributed by atoms with Crippen LogP contribution in [0.2, 0.25) is 5.02 Å². The number of carbonyl (C=O) groups is 1. The van der Waals surface area contributed by atoms with Gasteiger partial charge in [0.25, 0.3) is 0 Å². The molecular weight excluding hydrogens is 316 g/mol. The Hall–Kier alpha value is -1.14. The lowest BCUT2D eigenvalue weighted by atomic mass is 10.1. The maximum atomic E-state index is 12.3. The van der Waals surface area contributed by atoms with Crippen molar-refractivity contribution in [1.82, 2.24) is 9.80 Å². The molecule has 23 heavy (non-hydrogen) atoms. The topological polar surface area (TPSA) is 53.0 Å². The van der Waals surface area contributed by atoms with Crippen molar-refractivity contribution >= 4 is 17.5 Å². The van der Waals surface area contributed by atoms with Crippen LogP contribution in [-0.2, 0) is 16.0 Å². The smallest absolute Gasteiger partial charge is 0.227 e. The molecule has 1 aromatic rings. The van der Waals surface area contributed by atoms with Gasteiger partial charge in [-0.3, -0.25) is 9.69 Å². The highest BCUT2D eigenvalue weighted by atomic mass is 35.5. The van der Waals surface area contributed by atoms with E-state index in [0.29, 0.717) is 44.3 Å². The van der Waals surface area contributed by atoms with Crippen molar-refractivity contribution in [2.24, 2.45) is 0 Å². The predicted octanol–water partition coefficient (Wildman–Crippen LogP) is 1.42. The second-order valence-corrected chi connectivity index (χ2v) is 6.23. The molecule has 0 saturated carbocycles. The lowest BCUT2D eigenvalue weighted by molar-refractivity contribution is -0.132. The van der Waals surface area contributed by atoms with Gasteiger partial charge in [-0.25, -0.2) is 0 Å². The van der Waals surface area contributed by atoms with Crippen LogP contribution >= 0.6 is 11.6 Å². The molecule has 0 aromatic heterocycles. The Morgan fingerprint density at radius 3 is 2.52 bits per heavy atom. The van der Waals surface area contributed by atoms with Crippen LogP contribution in [-0.4, -0.2) is 72.9 Å². The number of benzene rings is 1. The van der Waals surface area contributed by atoms with Gasteiger partial charge in [0.05, 0.1) is 19.1 Å². The number of β-amino-alcohol motifs (C(OH)–C–C–N with tert-alkyl or cyclic N) is 1. The van der Waals surface area contributed by atoms with Crippen molar-refractivity contribution in [2.45, 2.75) is 19.4 Å². The van der Waals surface area contributed by atoms with Crippen LogP contribution in [0.3, 0.4) is 0 Å². The first kappa shape index (κ1) is 18.2. The van der Waals surface area contributed by atoms with Crippen molar-refractivity contribution in [1.29, 1.82) is 0 Å². The van der Waals surface area contributed by atoms with Crippen molar-refractivity contribution in [3.63, 3.8) is 0 Å². The Kier molecular flexibility index (Phi) is 7.30. The quantitative estimate of drug-likeness (QED) is 0.815. The first-order chi connectivity index (χ1) is 11.1. The summed E-state index contributed by atoms with van der Waals surface area (Å²) < 4.78 is 5.22. The summed E-state index contributed by atoms with van der Waals surface area (Å²) in [5, 5.41) is 10.5. The number of ether oxygens (including phenoxy) is 1. The monoisotopic (exact) mass is 340 g/mol. The molecule has 0 spiro atoms. The van der Waals surface area contributed by atoms with Crippen LogP contribution < -0.4 is 0 Å². The molecular formula is C17H25ClN2O3. The highest BCUT2D eigenvalue weighted by molar-refractivity contribution is 6.30. The normalized spacial score (nSPS) is 17.3. The molecule has 5 nitrogen and oxygen atoms in total. The molecule has 1 fully saturated rings. The maximum Gasteiger partial charge on any atom is 0.227 e. The van der Waals surface area contributed by atoms with E-state index in [-0.39, 0.29) is 5.91 Å². The molecule has 1 heterocycles. The first-order valence-corrected chi connectivity index (χ1v) is 8.46. The largest absolute Gasteiger partial charge is 0.389 e. The van der Waals surface area contributed by atoms with Gasteiger partial charge in [0.15, 0.2) is 0 Å². The zero-order valence-electron chi connectivity index (χ0n) is 13.6.